The molecular formula is C36H45IrN2O2-. The number of hydrogen-bond donors (Lipinski definition) is 1. The molecule has 0 amide bonds. The number of hydrogen-bond acceptors (Lipinski definition) is 4. The second-order valence-corrected chi connectivity index (χ2v) is 13.0. The van der Waals surface area contributed by atoms with Crippen molar-refractivity contribution in [3.63, 3.8) is 0 Å². The number of ketones is 1. The minimum absolute atomic E-state index is 0. The zero-order valence-electron chi connectivity index (χ0n) is 26.3. The van der Waals surface area contributed by atoms with Crippen LogP contribution in [0.15, 0.2) is 66.7 Å². The van der Waals surface area contributed by atoms with Crippen molar-refractivity contribution in [1.29, 1.82) is 0 Å². The molecule has 4 nitrogen and oxygen atoms in total. The van der Waals surface area contributed by atoms with Gasteiger partial charge in [-0.15, -0.1) is 35.4 Å². The third kappa shape index (κ3) is 7.90. The van der Waals surface area contributed by atoms with Gasteiger partial charge in [-0.3, -0.25) is 9.78 Å². The molecule has 3 aromatic carbocycles. The van der Waals surface area contributed by atoms with Crippen molar-refractivity contribution in [2.45, 2.75) is 87.5 Å². The summed E-state index contributed by atoms with van der Waals surface area (Å²) in [6, 6.07) is 20.4. The number of aliphatic hydroxyl groups is 1. The van der Waals surface area contributed by atoms with E-state index in [0.29, 0.717) is 0 Å². The Labute approximate surface area is 260 Å². The standard InChI is InChI=1S/C23H21N2.C13H24O2.Ir/c1-15-6-5-7-16-10-13-19-21(24-14-25-22(19)20(15)16)17-8-11-18(12-9-17)23(2,3)4;1-7-13(6,8-2)11(15)9-10(14)12(3,4)5;/h5-8,10-14H,1-4H3;9,14H,7-8H2,1-6H3;/q-1;;/b;10-9-;. The van der Waals surface area contributed by atoms with Crippen LogP contribution < -0.4 is 0 Å². The molecule has 0 unspecified atom stereocenters. The summed E-state index contributed by atoms with van der Waals surface area (Å²) in [4.78, 5) is 21.1. The largest absolute Gasteiger partial charge is 0.512 e. The first-order valence-electron chi connectivity index (χ1n) is 14.2. The summed E-state index contributed by atoms with van der Waals surface area (Å²) < 4.78 is 0. The van der Waals surface area contributed by atoms with Crippen LogP contribution in [0.25, 0.3) is 32.9 Å². The number of nitrogens with zero attached hydrogens (tertiary/aromatic N) is 2. The Balaban J connectivity index is 0.000000320. The van der Waals surface area contributed by atoms with Crippen LogP contribution >= 0.6 is 0 Å². The molecule has 4 rings (SSSR count). The molecule has 221 valence electrons. The Morgan fingerprint density at radius 2 is 1.59 bits per heavy atom. The van der Waals surface area contributed by atoms with Crippen LogP contribution in [-0.4, -0.2) is 20.9 Å². The fourth-order valence-electron chi connectivity index (χ4n) is 4.45. The van der Waals surface area contributed by atoms with Crippen LogP contribution in [0, 0.1) is 23.8 Å². The molecule has 1 aromatic heterocycles. The summed E-state index contributed by atoms with van der Waals surface area (Å²) in [5, 5.41) is 13.2. The number of fused-ring (bicyclic) bond motifs is 3. The molecule has 0 bridgehead atoms. The molecule has 0 fully saturated rings. The number of carbonyl (C=O) groups excluding carboxylic acids is 1. The smallest absolute Gasteiger partial charge is 0.164 e. The minimum atomic E-state index is -0.349. The third-order valence-corrected chi connectivity index (χ3v) is 7.98. The predicted octanol–water partition coefficient (Wildman–Crippen LogP) is 9.72. The molecule has 0 saturated carbocycles. The van der Waals surface area contributed by atoms with Gasteiger partial charge >= 0.3 is 0 Å². The topological polar surface area (TPSA) is 63.1 Å². The van der Waals surface area contributed by atoms with E-state index in [9.17, 15) is 9.90 Å². The SMILES string of the molecule is CCC(C)(CC)C(=O)/C=C(\O)C(C)(C)C.Cc1cccc2ccc3c(-c4[c-]cc(C(C)(C)C)cc4)ncnc3c12.[Ir]. The fraction of sp³-hybridized carbons (Fsp3) is 0.417. The summed E-state index contributed by atoms with van der Waals surface area (Å²) in [5.74, 6) is 0.195. The molecule has 4 aromatic rings. The molecule has 0 aliphatic heterocycles. The molecule has 0 atom stereocenters. The van der Waals surface area contributed by atoms with Gasteiger partial charge in [0, 0.05) is 42.4 Å². The van der Waals surface area contributed by atoms with Gasteiger partial charge in [-0.1, -0.05) is 92.6 Å². The Morgan fingerprint density at radius 3 is 2.12 bits per heavy atom. The molecule has 1 radical (unpaired) electrons. The van der Waals surface area contributed by atoms with Gasteiger partial charge in [0.05, 0.1) is 5.52 Å². The molecule has 1 heterocycles. The van der Waals surface area contributed by atoms with Gasteiger partial charge in [0.25, 0.3) is 0 Å². The Bertz CT molecular complexity index is 1520. The third-order valence-electron chi connectivity index (χ3n) is 7.98. The maximum atomic E-state index is 11.9. The molecule has 0 aliphatic carbocycles. The van der Waals surface area contributed by atoms with Crippen molar-refractivity contribution in [2.75, 3.05) is 0 Å². The monoisotopic (exact) mass is 730 g/mol. The van der Waals surface area contributed by atoms with Crippen LogP contribution in [0.5, 0.6) is 0 Å². The number of benzene rings is 3. The van der Waals surface area contributed by atoms with Gasteiger partial charge in [0.15, 0.2) is 5.78 Å². The minimum Gasteiger partial charge on any atom is -0.512 e. The van der Waals surface area contributed by atoms with Crippen molar-refractivity contribution in [3.05, 3.63) is 83.9 Å². The first-order valence-corrected chi connectivity index (χ1v) is 14.2. The molecular weight excluding hydrogens is 685 g/mol. The van der Waals surface area contributed by atoms with Gasteiger partial charge in [-0.2, -0.15) is 0 Å². The van der Waals surface area contributed by atoms with Crippen molar-refractivity contribution >= 4 is 27.5 Å². The van der Waals surface area contributed by atoms with Crippen molar-refractivity contribution in [1.82, 2.24) is 9.97 Å². The van der Waals surface area contributed by atoms with E-state index >= 15 is 0 Å². The summed E-state index contributed by atoms with van der Waals surface area (Å²) in [5.41, 5.74) is 4.90. The second-order valence-electron chi connectivity index (χ2n) is 13.0. The van der Waals surface area contributed by atoms with Crippen molar-refractivity contribution in [3.8, 4) is 11.3 Å². The Morgan fingerprint density at radius 1 is 0.927 bits per heavy atom. The van der Waals surface area contributed by atoms with E-state index in [2.05, 4.69) is 92.3 Å². The molecule has 0 spiro atoms. The number of rotatable bonds is 5. The van der Waals surface area contributed by atoms with E-state index in [1.54, 1.807) is 6.33 Å². The number of aryl methyl sites for hydroxylation is 1. The molecule has 41 heavy (non-hydrogen) atoms. The van der Waals surface area contributed by atoms with E-state index in [1.165, 1.54) is 28.0 Å². The zero-order valence-corrected chi connectivity index (χ0v) is 28.7. The Kier molecular flexibility index (Phi) is 11.2. The van der Waals surface area contributed by atoms with Crippen molar-refractivity contribution < 1.29 is 30.0 Å². The first kappa shape index (κ1) is 34.3. The van der Waals surface area contributed by atoms with Gasteiger partial charge < -0.3 is 5.11 Å². The van der Waals surface area contributed by atoms with E-state index in [4.69, 9.17) is 0 Å². The quantitative estimate of drug-likeness (QED) is 0.0962. The molecule has 5 heteroatoms. The maximum Gasteiger partial charge on any atom is 0.164 e. The average Bonchev–Trinajstić information content (AvgIpc) is 2.91. The van der Waals surface area contributed by atoms with Crippen molar-refractivity contribution in [2.24, 2.45) is 10.8 Å². The maximum absolute atomic E-state index is 11.9. The number of allylic oxidation sites excluding steroid dienone is 2. The zero-order chi connectivity index (χ0) is 29.9. The van der Waals surface area contributed by atoms with E-state index in [1.807, 2.05) is 41.5 Å². The summed E-state index contributed by atoms with van der Waals surface area (Å²) in [6.07, 6.45) is 4.66. The predicted molar refractivity (Wildman–Crippen MR) is 169 cm³/mol. The van der Waals surface area contributed by atoms with Crippen LogP contribution in [-0.2, 0) is 30.3 Å². The summed E-state index contributed by atoms with van der Waals surface area (Å²) >= 11 is 0. The fourth-order valence-corrected chi connectivity index (χ4v) is 4.45. The van der Waals surface area contributed by atoms with Gasteiger partial charge in [-0.25, -0.2) is 4.98 Å². The number of aliphatic hydroxyl groups excluding tert-OH is 1. The van der Waals surface area contributed by atoms with Gasteiger partial charge in [-0.05, 0) is 47.2 Å². The van der Waals surface area contributed by atoms with Crippen LogP contribution in [0.2, 0.25) is 0 Å². The first-order chi connectivity index (χ1) is 18.6. The molecule has 0 saturated heterocycles. The molecule has 1 N–H and O–H groups in total. The normalized spacial score (nSPS) is 12.5. The summed E-state index contributed by atoms with van der Waals surface area (Å²) in [6.45, 7) is 20.4. The van der Waals surface area contributed by atoms with Gasteiger partial charge in [0.2, 0.25) is 0 Å². The van der Waals surface area contributed by atoms with Crippen LogP contribution in [0.1, 0.15) is 86.3 Å². The van der Waals surface area contributed by atoms with Crippen LogP contribution in [0.3, 0.4) is 0 Å². The average molecular weight is 730 g/mol. The summed E-state index contributed by atoms with van der Waals surface area (Å²) in [7, 11) is 0. The van der Waals surface area contributed by atoms with Gasteiger partial charge in [0.1, 0.15) is 12.1 Å². The van der Waals surface area contributed by atoms with E-state index < -0.39 is 0 Å². The number of carbonyl (C=O) groups is 1. The van der Waals surface area contributed by atoms with E-state index in [0.717, 1.165) is 35.0 Å². The molecule has 0 aliphatic rings. The number of aromatic nitrogens is 2. The Hall–Kier alpha value is -2.88. The van der Waals surface area contributed by atoms with Crippen LogP contribution in [0.4, 0.5) is 0 Å². The van der Waals surface area contributed by atoms with E-state index in [-0.39, 0.29) is 47.9 Å². The second kappa shape index (κ2) is 13.4.